The van der Waals surface area contributed by atoms with Gasteiger partial charge in [-0.15, -0.1) is 0 Å². The summed E-state index contributed by atoms with van der Waals surface area (Å²) in [7, 11) is -3.43. The maximum absolute atomic E-state index is 12.3. The molecule has 1 aromatic rings. The van der Waals surface area contributed by atoms with Crippen LogP contribution < -0.4 is 5.32 Å². The Morgan fingerprint density at radius 1 is 1.39 bits per heavy atom. The van der Waals surface area contributed by atoms with Crippen molar-refractivity contribution in [3.63, 3.8) is 0 Å². The van der Waals surface area contributed by atoms with Gasteiger partial charge < -0.3 is 10.1 Å². The number of rotatable bonds is 5. The van der Waals surface area contributed by atoms with Crippen molar-refractivity contribution in [2.75, 3.05) is 32.1 Å². The van der Waals surface area contributed by atoms with E-state index in [1.54, 1.807) is 6.92 Å². The van der Waals surface area contributed by atoms with E-state index in [2.05, 4.69) is 5.32 Å². The summed E-state index contributed by atoms with van der Waals surface area (Å²) < 4.78 is 31.2. The van der Waals surface area contributed by atoms with Gasteiger partial charge in [-0.05, 0) is 25.1 Å². The molecule has 9 heteroatoms. The molecule has 0 aromatic heterocycles. The fraction of sp³-hybridized carbons (Fsp3) is 0.500. The van der Waals surface area contributed by atoms with Crippen LogP contribution in [0.2, 0.25) is 10.0 Å². The minimum Gasteiger partial charge on any atom is -0.378 e. The molecular formula is C14H18Cl2N2O4S. The van der Waals surface area contributed by atoms with Gasteiger partial charge in [-0.2, -0.15) is 4.31 Å². The first-order valence-electron chi connectivity index (χ1n) is 7.12. The summed E-state index contributed by atoms with van der Waals surface area (Å²) in [6.07, 6.45) is 0. The van der Waals surface area contributed by atoms with Gasteiger partial charge in [0.1, 0.15) is 0 Å². The van der Waals surface area contributed by atoms with E-state index in [0.29, 0.717) is 30.3 Å². The zero-order valence-electron chi connectivity index (χ0n) is 12.6. The van der Waals surface area contributed by atoms with Gasteiger partial charge in [0.25, 0.3) is 5.91 Å². The lowest BCUT2D eigenvalue weighted by Crippen LogP contribution is -2.49. The van der Waals surface area contributed by atoms with Gasteiger partial charge in [0.15, 0.2) is 0 Å². The van der Waals surface area contributed by atoms with Gasteiger partial charge in [-0.25, -0.2) is 8.42 Å². The maximum Gasteiger partial charge on any atom is 0.251 e. The Morgan fingerprint density at radius 2 is 2.13 bits per heavy atom. The Kier molecular flexibility index (Phi) is 6.27. The molecule has 0 spiro atoms. The highest BCUT2D eigenvalue weighted by Gasteiger charge is 2.29. The molecular weight excluding hydrogens is 363 g/mol. The quantitative estimate of drug-likeness (QED) is 0.844. The second-order valence-electron chi connectivity index (χ2n) is 5.24. The number of nitrogens with one attached hydrogen (secondary N) is 1. The Hall–Kier alpha value is -0.860. The topological polar surface area (TPSA) is 75.7 Å². The van der Waals surface area contributed by atoms with Crippen molar-refractivity contribution in [2.45, 2.75) is 13.0 Å². The Bertz CT molecular complexity index is 681. The summed E-state index contributed by atoms with van der Waals surface area (Å²) >= 11 is 11.6. The van der Waals surface area contributed by atoms with Crippen LogP contribution in [-0.2, 0) is 14.8 Å². The number of hydrogen-bond acceptors (Lipinski definition) is 4. The van der Waals surface area contributed by atoms with Crippen LogP contribution in [0.1, 0.15) is 17.3 Å². The molecule has 0 saturated carbocycles. The number of hydrogen-bond donors (Lipinski definition) is 1. The lowest BCUT2D eigenvalue weighted by Gasteiger charge is -2.32. The second kappa shape index (κ2) is 7.81. The predicted octanol–water partition coefficient (Wildman–Crippen LogP) is 1.77. The largest absolute Gasteiger partial charge is 0.378 e. The molecule has 1 aliphatic heterocycles. The smallest absolute Gasteiger partial charge is 0.251 e. The van der Waals surface area contributed by atoms with Crippen molar-refractivity contribution in [3.05, 3.63) is 33.8 Å². The van der Waals surface area contributed by atoms with Crippen LogP contribution in [-0.4, -0.2) is 56.7 Å². The summed E-state index contributed by atoms with van der Waals surface area (Å²) in [5.74, 6) is -0.557. The van der Waals surface area contributed by atoms with E-state index in [9.17, 15) is 13.2 Å². The van der Waals surface area contributed by atoms with Gasteiger partial charge in [0.2, 0.25) is 10.0 Å². The number of nitrogens with zero attached hydrogens (tertiary/aromatic N) is 1. The normalized spacial score (nSPS) is 19.5. The van der Waals surface area contributed by atoms with Crippen LogP contribution in [0.4, 0.5) is 0 Å². The third-order valence-corrected chi connectivity index (χ3v) is 6.21. The van der Waals surface area contributed by atoms with Gasteiger partial charge in [0, 0.05) is 24.7 Å². The van der Waals surface area contributed by atoms with Gasteiger partial charge in [0.05, 0.1) is 29.0 Å². The highest BCUT2D eigenvalue weighted by atomic mass is 35.5. The van der Waals surface area contributed by atoms with E-state index >= 15 is 0 Å². The molecule has 1 heterocycles. The van der Waals surface area contributed by atoms with E-state index in [-0.39, 0.29) is 23.4 Å². The van der Waals surface area contributed by atoms with Crippen LogP contribution in [0.25, 0.3) is 0 Å². The molecule has 1 amide bonds. The van der Waals surface area contributed by atoms with Crippen molar-refractivity contribution in [2.24, 2.45) is 0 Å². The zero-order valence-corrected chi connectivity index (χ0v) is 14.9. The third-order valence-electron chi connectivity index (χ3n) is 3.49. The van der Waals surface area contributed by atoms with Crippen LogP contribution >= 0.6 is 23.2 Å². The number of ether oxygens (including phenoxy) is 1. The molecule has 0 aliphatic carbocycles. The van der Waals surface area contributed by atoms with Crippen molar-refractivity contribution >= 4 is 39.1 Å². The average molecular weight is 381 g/mol. The summed E-state index contributed by atoms with van der Waals surface area (Å²) in [4.78, 5) is 12.0. The first-order chi connectivity index (χ1) is 10.8. The van der Waals surface area contributed by atoms with E-state index in [0.717, 1.165) is 0 Å². The molecule has 1 saturated heterocycles. The highest BCUT2D eigenvalue weighted by Crippen LogP contribution is 2.22. The van der Waals surface area contributed by atoms with Gasteiger partial charge >= 0.3 is 0 Å². The average Bonchev–Trinajstić information content (AvgIpc) is 2.50. The molecule has 1 unspecified atom stereocenters. The summed E-state index contributed by atoms with van der Waals surface area (Å²) in [6.45, 7) is 2.93. The van der Waals surface area contributed by atoms with Crippen molar-refractivity contribution < 1.29 is 17.9 Å². The van der Waals surface area contributed by atoms with Crippen LogP contribution in [0.5, 0.6) is 0 Å². The molecule has 1 aromatic carbocycles. The zero-order chi connectivity index (χ0) is 17.0. The molecule has 23 heavy (non-hydrogen) atoms. The van der Waals surface area contributed by atoms with Crippen LogP contribution in [0.15, 0.2) is 18.2 Å². The van der Waals surface area contributed by atoms with Gasteiger partial charge in [-0.3, -0.25) is 4.79 Å². The fourth-order valence-corrected chi connectivity index (χ4v) is 4.13. The van der Waals surface area contributed by atoms with Crippen LogP contribution in [0.3, 0.4) is 0 Å². The first kappa shape index (κ1) is 18.5. The molecule has 0 bridgehead atoms. The minimum absolute atomic E-state index is 0.0193. The monoisotopic (exact) mass is 380 g/mol. The van der Waals surface area contributed by atoms with Gasteiger partial charge in [-0.1, -0.05) is 23.2 Å². The standard InChI is InChI=1S/C14H18Cl2N2O4S/c1-10-9-22-6-5-18(10)23(20,21)7-4-17-14(19)11-2-3-12(15)13(16)8-11/h2-3,8,10H,4-7,9H2,1H3,(H,17,19). The lowest BCUT2D eigenvalue weighted by molar-refractivity contribution is 0.0393. The molecule has 6 nitrogen and oxygen atoms in total. The minimum atomic E-state index is -3.43. The van der Waals surface area contributed by atoms with Crippen molar-refractivity contribution in [3.8, 4) is 0 Å². The van der Waals surface area contributed by atoms with E-state index < -0.39 is 15.9 Å². The predicted molar refractivity (Wildman–Crippen MR) is 89.6 cm³/mol. The Labute approximate surface area is 145 Å². The number of benzene rings is 1. The molecule has 1 aliphatic rings. The van der Waals surface area contributed by atoms with Crippen molar-refractivity contribution in [1.29, 1.82) is 0 Å². The third kappa shape index (κ3) is 4.81. The van der Waals surface area contributed by atoms with E-state index in [1.165, 1.54) is 22.5 Å². The van der Waals surface area contributed by atoms with E-state index in [1.807, 2.05) is 0 Å². The maximum atomic E-state index is 12.3. The molecule has 1 atom stereocenters. The number of sulfonamides is 1. The Balaban J connectivity index is 1.90. The summed E-state index contributed by atoms with van der Waals surface area (Å²) in [5.41, 5.74) is 0.330. The molecule has 0 radical (unpaired) electrons. The number of amides is 1. The summed E-state index contributed by atoms with van der Waals surface area (Å²) in [6, 6.07) is 4.30. The SMILES string of the molecule is CC1COCCN1S(=O)(=O)CCNC(=O)c1ccc(Cl)c(Cl)c1. The molecule has 128 valence electrons. The number of morpholine rings is 1. The number of carbonyl (C=O) groups excluding carboxylic acids is 1. The van der Waals surface area contributed by atoms with Crippen molar-refractivity contribution in [1.82, 2.24) is 9.62 Å². The summed E-state index contributed by atoms with van der Waals surface area (Å²) in [5, 5.41) is 3.20. The van der Waals surface area contributed by atoms with E-state index in [4.69, 9.17) is 27.9 Å². The second-order valence-corrected chi connectivity index (χ2v) is 8.09. The number of halogens is 2. The Morgan fingerprint density at radius 3 is 2.78 bits per heavy atom. The molecule has 1 fully saturated rings. The molecule has 2 rings (SSSR count). The van der Waals surface area contributed by atoms with Crippen LogP contribution in [0, 0.1) is 0 Å². The molecule has 1 N–H and O–H groups in total. The number of carbonyl (C=O) groups is 1. The lowest BCUT2D eigenvalue weighted by atomic mass is 10.2. The first-order valence-corrected chi connectivity index (χ1v) is 9.48. The fourth-order valence-electron chi connectivity index (χ4n) is 2.28. The highest BCUT2D eigenvalue weighted by molar-refractivity contribution is 7.89.